The minimum absolute atomic E-state index is 0.144. The molecule has 15 nitrogen and oxygen atoms in total. The van der Waals surface area contributed by atoms with Crippen LogP contribution >= 0.6 is 11.6 Å². The molecule has 0 fully saturated rings. The summed E-state index contributed by atoms with van der Waals surface area (Å²) in [6.45, 7) is 0.596. The fourth-order valence-electron chi connectivity index (χ4n) is 8.11. The number of imidazole rings is 4. The number of halogens is 5. The van der Waals surface area contributed by atoms with Gasteiger partial charge in [-0.25, -0.2) is 47.3 Å². The Bertz CT molecular complexity index is 3470. The van der Waals surface area contributed by atoms with E-state index in [4.69, 9.17) is 21.1 Å². The fourth-order valence-corrected chi connectivity index (χ4v) is 8.40. The second-order valence-corrected chi connectivity index (χ2v) is 14.8. The Kier molecular flexibility index (Phi) is 8.74. The molecule has 0 aliphatic carbocycles. The monoisotopic (exact) mass is 858 g/mol. The number of aromatic nitrogens is 12. The van der Waals surface area contributed by atoms with Gasteiger partial charge < -0.3 is 14.5 Å². The predicted octanol–water partition coefficient (Wildman–Crippen LogP) is 7.58. The Hall–Kier alpha value is -7.67. The van der Waals surface area contributed by atoms with Crippen LogP contribution in [0.5, 0.6) is 11.5 Å². The molecule has 0 bridgehead atoms. The first-order chi connectivity index (χ1) is 30.2. The van der Waals surface area contributed by atoms with Gasteiger partial charge in [-0.3, -0.25) is 18.3 Å². The highest BCUT2D eigenvalue weighted by Crippen LogP contribution is 2.40. The molecule has 6 aromatic heterocycles. The number of aromatic amines is 1. The van der Waals surface area contributed by atoms with Gasteiger partial charge in [0.05, 0.1) is 59.8 Å². The van der Waals surface area contributed by atoms with E-state index in [0.717, 1.165) is 0 Å². The van der Waals surface area contributed by atoms with E-state index < -0.39 is 23.5 Å². The molecule has 62 heavy (non-hydrogen) atoms. The maximum Gasteiger partial charge on any atom is 0.328 e. The van der Waals surface area contributed by atoms with E-state index in [9.17, 15) is 22.4 Å². The van der Waals surface area contributed by atoms with Gasteiger partial charge in [-0.15, -0.1) is 0 Å². The Morgan fingerprint density at radius 1 is 0.629 bits per heavy atom. The van der Waals surface area contributed by atoms with Crippen molar-refractivity contribution >= 4 is 56.0 Å². The van der Waals surface area contributed by atoms with Crippen molar-refractivity contribution in [2.75, 3.05) is 13.2 Å². The van der Waals surface area contributed by atoms with Crippen molar-refractivity contribution in [3.05, 3.63) is 148 Å². The van der Waals surface area contributed by atoms with Crippen molar-refractivity contribution < 1.29 is 27.0 Å². The molecule has 2 aliphatic rings. The van der Waals surface area contributed by atoms with Crippen LogP contribution in [0.2, 0.25) is 5.28 Å². The second kappa shape index (κ2) is 14.5. The Labute approximate surface area is 349 Å². The summed E-state index contributed by atoms with van der Waals surface area (Å²) in [5.41, 5.74) is 4.87. The molecule has 2 atom stereocenters. The quantitative estimate of drug-likeness (QED) is 0.138. The lowest BCUT2D eigenvalue weighted by Crippen LogP contribution is -2.28. The van der Waals surface area contributed by atoms with Gasteiger partial charge in [0.25, 0.3) is 0 Å². The molecule has 2 aliphatic heterocycles. The average Bonchev–Trinajstić information content (AvgIpc) is 4.05. The summed E-state index contributed by atoms with van der Waals surface area (Å²) >= 11 is 6.48. The first kappa shape index (κ1) is 37.3. The van der Waals surface area contributed by atoms with E-state index in [1.54, 1.807) is 56.3 Å². The Morgan fingerprint density at radius 3 is 1.77 bits per heavy atom. The topological polar surface area (TPSA) is 161 Å². The van der Waals surface area contributed by atoms with E-state index in [0.29, 0.717) is 80.9 Å². The van der Waals surface area contributed by atoms with E-state index in [1.165, 1.54) is 59.8 Å². The van der Waals surface area contributed by atoms with Gasteiger partial charge in [0.1, 0.15) is 35.3 Å². The molecule has 8 heterocycles. The van der Waals surface area contributed by atoms with Gasteiger partial charge in [0.2, 0.25) is 17.2 Å². The summed E-state index contributed by atoms with van der Waals surface area (Å²) in [7, 11) is 0. The van der Waals surface area contributed by atoms with Crippen LogP contribution < -0.4 is 15.2 Å². The van der Waals surface area contributed by atoms with Crippen LogP contribution in [0.15, 0.2) is 103 Å². The zero-order valence-electron chi connectivity index (χ0n) is 31.8. The van der Waals surface area contributed by atoms with Crippen molar-refractivity contribution in [3.63, 3.8) is 0 Å². The third-order valence-corrected chi connectivity index (χ3v) is 11.1. The first-order valence-corrected chi connectivity index (χ1v) is 19.5. The summed E-state index contributed by atoms with van der Waals surface area (Å²) in [5.74, 6) is -0.807. The standard InChI is InChI=1S/C21H13ClF2N6O.C21H14F2N6O2/c22-20-27-15-9-25-21(29-10-26-14-5-4-11(23)8-17(14)29)28-19(15)30(20)16-6-7-31-18-12(16)2-1-3-13(18)24;22-11-4-5-14-17(8-11)28(10-25-14)20-24-9-15-19(27-20)29(21(30)26-15)16-6-7-31-18-12(16)2-1-3-13(18)23/h1-5,8-10,16H,6-7H2;1-5,8-10,16H,6-7H2,(H,26,30)/t;16-/m.1/s1. The largest absolute Gasteiger partial charge is 0.490 e. The van der Waals surface area contributed by atoms with Gasteiger partial charge in [-0.1, -0.05) is 24.3 Å². The predicted molar refractivity (Wildman–Crippen MR) is 217 cm³/mol. The molecule has 1 unspecified atom stereocenters. The van der Waals surface area contributed by atoms with Crippen molar-refractivity contribution in [1.29, 1.82) is 0 Å². The summed E-state index contributed by atoms with van der Waals surface area (Å²) < 4.78 is 73.5. The minimum Gasteiger partial charge on any atom is -0.490 e. The number of para-hydroxylation sites is 2. The second-order valence-electron chi connectivity index (χ2n) is 14.5. The lowest BCUT2D eigenvalue weighted by molar-refractivity contribution is 0.244. The number of fused-ring (bicyclic) bond motifs is 6. The number of H-pyrrole nitrogens is 1. The zero-order chi connectivity index (χ0) is 42.2. The number of nitrogens with zero attached hydrogens (tertiary/aromatic N) is 11. The Morgan fingerprint density at radius 2 is 1.18 bits per heavy atom. The van der Waals surface area contributed by atoms with Crippen molar-refractivity contribution in [3.8, 4) is 23.4 Å². The fraction of sp³-hybridized carbons (Fsp3) is 0.143. The summed E-state index contributed by atoms with van der Waals surface area (Å²) in [6, 6.07) is 17.2. The van der Waals surface area contributed by atoms with Gasteiger partial charge in [0.15, 0.2) is 34.4 Å². The van der Waals surface area contributed by atoms with Crippen LogP contribution in [0.25, 0.3) is 56.3 Å². The van der Waals surface area contributed by atoms with Crippen LogP contribution in [0, 0.1) is 23.3 Å². The number of hydrogen-bond acceptors (Lipinski definition) is 10. The molecule has 4 aromatic carbocycles. The molecule has 0 spiro atoms. The maximum absolute atomic E-state index is 14.3. The number of nitrogens with one attached hydrogen (secondary N) is 1. The average molecular weight is 859 g/mol. The van der Waals surface area contributed by atoms with Gasteiger partial charge >= 0.3 is 5.69 Å². The summed E-state index contributed by atoms with van der Waals surface area (Å²) in [5, 5.41) is 0.213. The van der Waals surface area contributed by atoms with E-state index in [2.05, 4.69) is 39.9 Å². The maximum atomic E-state index is 14.3. The highest BCUT2D eigenvalue weighted by Gasteiger charge is 2.31. The zero-order valence-corrected chi connectivity index (χ0v) is 32.5. The lowest BCUT2D eigenvalue weighted by Gasteiger charge is -2.27. The smallest absolute Gasteiger partial charge is 0.328 e. The molecule has 20 heteroatoms. The molecular formula is C42H27ClF4N12O3. The van der Waals surface area contributed by atoms with Gasteiger partial charge in [-0.2, -0.15) is 9.97 Å². The third-order valence-electron chi connectivity index (χ3n) is 10.9. The third kappa shape index (κ3) is 6.10. The summed E-state index contributed by atoms with van der Waals surface area (Å²) in [4.78, 5) is 46.4. The van der Waals surface area contributed by atoms with E-state index >= 15 is 0 Å². The van der Waals surface area contributed by atoms with Crippen molar-refractivity contribution in [2.45, 2.75) is 24.9 Å². The Balaban J connectivity index is 0.000000139. The van der Waals surface area contributed by atoms with Crippen molar-refractivity contribution in [2.24, 2.45) is 0 Å². The molecule has 308 valence electrons. The minimum atomic E-state index is -0.475. The SMILES string of the molecule is Fc1ccc2ncn(-c3ncc4nc(Cl)n(C5CCOc6c(F)cccc65)c4n3)c2c1.O=c1[nH]c2cnc(-n3cnc4ccc(F)cc43)nc2n1[C@@H]1CCOc2c(F)cccc21. The van der Waals surface area contributed by atoms with Crippen LogP contribution in [-0.4, -0.2) is 71.4 Å². The first-order valence-electron chi connectivity index (χ1n) is 19.2. The highest BCUT2D eigenvalue weighted by molar-refractivity contribution is 6.29. The molecule has 12 rings (SSSR count). The highest BCUT2D eigenvalue weighted by atomic mass is 35.5. The number of ether oxygens (including phenoxy) is 2. The van der Waals surface area contributed by atoms with Gasteiger partial charge in [0, 0.05) is 36.1 Å². The number of hydrogen-bond donors (Lipinski definition) is 1. The van der Waals surface area contributed by atoms with Crippen LogP contribution in [0.3, 0.4) is 0 Å². The molecular weight excluding hydrogens is 832 g/mol. The molecule has 0 radical (unpaired) electrons. The molecule has 0 saturated carbocycles. The van der Waals surface area contributed by atoms with Crippen LogP contribution in [0.4, 0.5) is 17.6 Å². The van der Waals surface area contributed by atoms with E-state index in [1.807, 2.05) is 0 Å². The van der Waals surface area contributed by atoms with E-state index in [-0.39, 0.29) is 46.9 Å². The normalized spacial score (nSPS) is 15.9. The number of benzene rings is 4. The number of rotatable bonds is 4. The molecule has 1 N–H and O–H groups in total. The molecule has 0 amide bonds. The van der Waals surface area contributed by atoms with Crippen molar-refractivity contribution in [1.82, 2.24) is 58.1 Å². The van der Waals surface area contributed by atoms with Crippen LogP contribution in [0.1, 0.15) is 36.1 Å². The van der Waals surface area contributed by atoms with Gasteiger partial charge in [-0.05, 0) is 48.0 Å². The molecule has 10 aromatic rings. The molecule has 0 saturated heterocycles. The lowest BCUT2D eigenvalue weighted by atomic mass is 10.00. The summed E-state index contributed by atoms with van der Waals surface area (Å²) in [6.07, 6.45) is 7.12. The van der Waals surface area contributed by atoms with Crippen LogP contribution in [-0.2, 0) is 0 Å².